The lowest BCUT2D eigenvalue weighted by Gasteiger charge is -2.07. The van der Waals surface area contributed by atoms with Crippen LogP contribution in [0, 0.1) is 5.92 Å². The minimum absolute atomic E-state index is 0.0524. The van der Waals surface area contributed by atoms with E-state index in [1.807, 2.05) is 60.7 Å². The summed E-state index contributed by atoms with van der Waals surface area (Å²) in [7, 11) is 0. The molecule has 3 amide bonds. The van der Waals surface area contributed by atoms with Crippen molar-refractivity contribution in [3.63, 3.8) is 0 Å². The average Bonchev–Trinajstić information content (AvgIpc) is 3.51. The van der Waals surface area contributed by atoms with Gasteiger partial charge in [0.25, 0.3) is 5.91 Å². The number of benzene rings is 2. The molecule has 0 unspecified atom stereocenters. The summed E-state index contributed by atoms with van der Waals surface area (Å²) < 4.78 is 1.63. The fourth-order valence-corrected chi connectivity index (χ4v) is 3.87. The summed E-state index contributed by atoms with van der Waals surface area (Å²) in [5, 5.41) is 9.42. The summed E-state index contributed by atoms with van der Waals surface area (Å²) in [5.74, 6) is -1.26. The van der Waals surface area contributed by atoms with Gasteiger partial charge in [-0.1, -0.05) is 62.4 Å². The van der Waals surface area contributed by atoms with Crippen LogP contribution in [0.5, 0.6) is 0 Å². The lowest BCUT2D eigenvalue weighted by molar-refractivity contribution is -0.121. The van der Waals surface area contributed by atoms with Gasteiger partial charge < -0.3 is 5.32 Å². The van der Waals surface area contributed by atoms with E-state index in [2.05, 4.69) is 26.3 Å². The number of amides is 3. The number of aromatic nitrogens is 3. The van der Waals surface area contributed by atoms with Gasteiger partial charge >= 0.3 is 0 Å². The van der Waals surface area contributed by atoms with Gasteiger partial charge in [0.2, 0.25) is 11.8 Å². The zero-order valence-electron chi connectivity index (χ0n) is 19.2. The second kappa shape index (κ2) is 10.7. The zero-order valence-corrected chi connectivity index (χ0v) is 20.0. The third-order valence-corrected chi connectivity index (χ3v) is 5.80. The van der Waals surface area contributed by atoms with Gasteiger partial charge in [-0.3, -0.25) is 25.2 Å². The molecule has 178 valence electrons. The Balaban J connectivity index is 1.44. The molecule has 0 saturated carbocycles. The number of carbonyl (C=O) groups is 3. The maximum absolute atomic E-state index is 13.0. The monoisotopic (exact) mass is 488 g/mol. The summed E-state index contributed by atoms with van der Waals surface area (Å²) in [6.45, 7) is 3.57. The molecule has 0 aliphatic rings. The lowest BCUT2D eigenvalue weighted by atomic mass is 10.1. The number of carbonyl (C=O) groups excluding carboxylic acids is 3. The maximum atomic E-state index is 13.0. The van der Waals surface area contributed by atoms with E-state index in [4.69, 9.17) is 0 Å². The Morgan fingerprint density at radius 1 is 0.971 bits per heavy atom. The molecule has 3 N–H and O–H groups in total. The molecule has 0 saturated heterocycles. The summed E-state index contributed by atoms with van der Waals surface area (Å²) in [6, 6.07) is 18.8. The average molecular weight is 489 g/mol. The van der Waals surface area contributed by atoms with Crippen molar-refractivity contribution in [2.75, 3.05) is 5.32 Å². The van der Waals surface area contributed by atoms with Gasteiger partial charge in [-0.25, -0.2) is 9.67 Å². The van der Waals surface area contributed by atoms with Crippen LogP contribution in [0.4, 0.5) is 5.13 Å². The number of hydrazine groups is 1. The van der Waals surface area contributed by atoms with E-state index >= 15 is 0 Å². The number of nitrogens with zero attached hydrogens (tertiary/aromatic N) is 3. The molecule has 2 heterocycles. The first kappa shape index (κ1) is 23.8. The van der Waals surface area contributed by atoms with Crippen LogP contribution in [-0.4, -0.2) is 32.5 Å². The van der Waals surface area contributed by atoms with E-state index in [1.165, 1.54) is 11.3 Å². The predicted octanol–water partition coefficient (Wildman–Crippen LogP) is 3.59. The molecule has 35 heavy (non-hydrogen) atoms. The summed E-state index contributed by atoms with van der Waals surface area (Å²) in [4.78, 5) is 41.4. The van der Waals surface area contributed by atoms with E-state index < -0.39 is 11.8 Å². The molecule has 2 aromatic carbocycles. The number of rotatable bonds is 7. The van der Waals surface area contributed by atoms with Crippen LogP contribution in [0.25, 0.3) is 16.9 Å². The van der Waals surface area contributed by atoms with Crippen molar-refractivity contribution in [3.8, 4) is 16.9 Å². The normalized spacial score (nSPS) is 10.7. The van der Waals surface area contributed by atoms with Gasteiger partial charge in [0.15, 0.2) is 5.13 Å². The molecule has 9 nitrogen and oxygen atoms in total. The molecule has 0 radical (unpaired) electrons. The van der Waals surface area contributed by atoms with E-state index in [9.17, 15) is 14.4 Å². The first-order chi connectivity index (χ1) is 16.9. The molecule has 4 aromatic rings. The van der Waals surface area contributed by atoms with E-state index in [-0.39, 0.29) is 18.2 Å². The molecule has 0 spiro atoms. The summed E-state index contributed by atoms with van der Waals surface area (Å²) in [6.07, 6.45) is 1.58. The van der Waals surface area contributed by atoms with Crippen LogP contribution < -0.4 is 16.2 Å². The predicted molar refractivity (Wildman–Crippen MR) is 134 cm³/mol. The third kappa shape index (κ3) is 5.98. The van der Waals surface area contributed by atoms with Gasteiger partial charge in [0, 0.05) is 23.1 Å². The van der Waals surface area contributed by atoms with Crippen LogP contribution >= 0.6 is 11.3 Å². The van der Waals surface area contributed by atoms with Crippen molar-refractivity contribution in [2.24, 2.45) is 5.92 Å². The highest BCUT2D eigenvalue weighted by atomic mass is 32.1. The Morgan fingerprint density at radius 2 is 1.66 bits per heavy atom. The van der Waals surface area contributed by atoms with Crippen molar-refractivity contribution >= 4 is 34.2 Å². The van der Waals surface area contributed by atoms with Crippen molar-refractivity contribution in [2.45, 2.75) is 20.3 Å². The maximum Gasteiger partial charge on any atom is 0.273 e. The summed E-state index contributed by atoms with van der Waals surface area (Å²) in [5.41, 5.74) is 7.76. The molecule has 2 aromatic heterocycles. The van der Waals surface area contributed by atoms with Crippen molar-refractivity contribution < 1.29 is 14.4 Å². The second-order valence-electron chi connectivity index (χ2n) is 8.00. The number of anilines is 1. The van der Waals surface area contributed by atoms with Gasteiger partial charge in [-0.2, -0.15) is 5.10 Å². The Kier molecular flexibility index (Phi) is 7.32. The fraction of sp³-hybridized carbons (Fsp3) is 0.160. The molecule has 10 heteroatoms. The lowest BCUT2D eigenvalue weighted by Crippen LogP contribution is -2.42. The molecule has 0 aliphatic heterocycles. The van der Waals surface area contributed by atoms with E-state index in [0.717, 1.165) is 11.3 Å². The Bertz CT molecular complexity index is 1330. The quantitative estimate of drug-likeness (QED) is 0.344. The van der Waals surface area contributed by atoms with Gasteiger partial charge in [-0.05, 0) is 12.1 Å². The van der Waals surface area contributed by atoms with E-state index in [1.54, 1.807) is 30.1 Å². The standard InChI is InChI=1S/C25H24N6O3S/c1-16(2)23(33)27-25-26-18(15-35-25)13-21(32)28-29-24(34)20-14-31(19-11-7-4-8-12-19)30-22(20)17-9-5-3-6-10-17/h3-12,14-16H,13H2,1-2H3,(H,28,32)(H,29,34)(H,26,27,33). The van der Waals surface area contributed by atoms with Crippen molar-refractivity contribution in [3.05, 3.63) is 83.5 Å². The third-order valence-electron chi connectivity index (χ3n) is 4.99. The van der Waals surface area contributed by atoms with Crippen LogP contribution in [-0.2, 0) is 16.0 Å². The minimum Gasteiger partial charge on any atom is -0.302 e. The molecular weight excluding hydrogens is 464 g/mol. The van der Waals surface area contributed by atoms with Gasteiger partial charge in [0.05, 0.1) is 23.4 Å². The Hall–Kier alpha value is -4.31. The molecule has 0 aliphatic carbocycles. The highest BCUT2D eigenvalue weighted by molar-refractivity contribution is 7.13. The number of nitrogens with one attached hydrogen (secondary N) is 3. The zero-order chi connectivity index (χ0) is 24.8. The highest BCUT2D eigenvalue weighted by Crippen LogP contribution is 2.23. The largest absolute Gasteiger partial charge is 0.302 e. The Morgan fingerprint density at radius 3 is 2.34 bits per heavy atom. The van der Waals surface area contributed by atoms with Gasteiger partial charge in [0.1, 0.15) is 5.69 Å². The van der Waals surface area contributed by atoms with Crippen LogP contribution in [0.15, 0.2) is 72.2 Å². The SMILES string of the molecule is CC(C)C(=O)Nc1nc(CC(=O)NNC(=O)c2cn(-c3ccccc3)nc2-c2ccccc2)cs1. The fourth-order valence-electron chi connectivity index (χ4n) is 3.16. The number of hydrogen-bond donors (Lipinski definition) is 3. The van der Waals surface area contributed by atoms with Crippen LogP contribution in [0.3, 0.4) is 0 Å². The number of hydrogen-bond acceptors (Lipinski definition) is 6. The van der Waals surface area contributed by atoms with Crippen LogP contribution in [0.1, 0.15) is 29.9 Å². The molecular formula is C25H24N6O3S. The van der Waals surface area contributed by atoms with Crippen molar-refractivity contribution in [1.82, 2.24) is 25.6 Å². The van der Waals surface area contributed by atoms with Crippen LogP contribution in [0.2, 0.25) is 0 Å². The topological polar surface area (TPSA) is 118 Å². The second-order valence-corrected chi connectivity index (χ2v) is 8.86. The first-order valence-corrected chi connectivity index (χ1v) is 11.8. The highest BCUT2D eigenvalue weighted by Gasteiger charge is 2.19. The molecule has 0 fully saturated rings. The van der Waals surface area contributed by atoms with Crippen molar-refractivity contribution in [1.29, 1.82) is 0 Å². The summed E-state index contributed by atoms with van der Waals surface area (Å²) >= 11 is 1.24. The number of para-hydroxylation sites is 1. The van der Waals surface area contributed by atoms with E-state index in [0.29, 0.717) is 22.1 Å². The number of thiazole rings is 1. The molecule has 0 bridgehead atoms. The first-order valence-electron chi connectivity index (χ1n) is 11.0. The minimum atomic E-state index is -0.498. The van der Waals surface area contributed by atoms with Gasteiger partial charge in [-0.15, -0.1) is 11.3 Å². The molecule has 0 atom stereocenters. The Labute approximate surface area is 206 Å². The molecule has 4 rings (SSSR count). The smallest absolute Gasteiger partial charge is 0.273 e.